The molecule has 2 aromatic heterocycles. The monoisotopic (exact) mass is 455 g/mol. The lowest BCUT2D eigenvalue weighted by molar-refractivity contribution is -0.140. The van der Waals surface area contributed by atoms with E-state index in [-0.39, 0.29) is 11.1 Å². The molecule has 0 fully saturated rings. The average Bonchev–Trinajstić information content (AvgIpc) is 2.76. The molecule has 4 aromatic rings. The Morgan fingerprint density at radius 3 is 2.58 bits per heavy atom. The van der Waals surface area contributed by atoms with Crippen LogP contribution in [0.25, 0.3) is 16.5 Å². The van der Waals surface area contributed by atoms with Crippen molar-refractivity contribution in [2.75, 3.05) is 5.32 Å². The highest BCUT2D eigenvalue weighted by Crippen LogP contribution is 2.32. The van der Waals surface area contributed by atoms with Gasteiger partial charge in [-0.05, 0) is 55.0 Å². The molecule has 9 heteroatoms. The minimum Gasteiger partial charge on any atom is -0.325 e. The number of rotatable bonds is 4. The first-order valence-corrected chi connectivity index (χ1v) is 9.87. The van der Waals surface area contributed by atoms with Gasteiger partial charge < -0.3 is 5.32 Å². The predicted molar refractivity (Wildman–Crippen MR) is 116 cm³/mol. The lowest BCUT2D eigenvalue weighted by Crippen LogP contribution is -2.20. The number of benzene rings is 2. The number of alkyl halides is 3. The van der Waals surface area contributed by atoms with Gasteiger partial charge in [0.25, 0.3) is 5.56 Å². The van der Waals surface area contributed by atoms with Crippen molar-refractivity contribution in [1.29, 1.82) is 0 Å². The molecular weight excluding hydrogens is 438 g/mol. The van der Waals surface area contributed by atoms with E-state index in [0.717, 1.165) is 6.07 Å². The van der Waals surface area contributed by atoms with Crippen LogP contribution in [-0.2, 0) is 17.4 Å². The Hall–Kier alpha value is -4.01. The molecule has 33 heavy (non-hydrogen) atoms. The molecule has 0 saturated heterocycles. The molecule has 0 unspecified atom stereocenters. The predicted octanol–water partition coefficient (Wildman–Crippen LogP) is 5.03. The van der Waals surface area contributed by atoms with Crippen molar-refractivity contribution >= 4 is 22.4 Å². The summed E-state index contributed by atoms with van der Waals surface area (Å²) in [6.45, 7) is 1.78. The van der Waals surface area contributed by atoms with Gasteiger partial charge in [0, 0.05) is 28.9 Å². The minimum absolute atomic E-state index is 0.0101. The Kier molecular flexibility index (Phi) is 5.71. The van der Waals surface area contributed by atoms with E-state index in [1.807, 2.05) is 0 Å². The molecule has 0 aliphatic heterocycles. The van der Waals surface area contributed by atoms with E-state index in [2.05, 4.69) is 10.3 Å². The van der Waals surface area contributed by atoms with Crippen molar-refractivity contribution in [1.82, 2.24) is 9.55 Å². The molecule has 0 saturated carbocycles. The van der Waals surface area contributed by atoms with Crippen molar-refractivity contribution in [3.8, 4) is 5.69 Å². The summed E-state index contributed by atoms with van der Waals surface area (Å²) in [6, 6.07) is 12.4. The highest BCUT2D eigenvalue weighted by atomic mass is 19.4. The van der Waals surface area contributed by atoms with Crippen LogP contribution in [0.15, 0.2) is 71.8 Å². The van der Waals surface area contributed by atoms with Crippen LogP contribution in [0, 0.1) is 12.7 Å². The zero-order valence-corrected chi connectivity index (χ0v) is 17.3. The van der Waals surface area contributed by atoms with Crippen LogP contribution in [-0.4, -0.2) is 15.5 Å². The van der Waals surface area contributed by atoms with E-state index in [0.29, 0.717) is 40.0 Å². The average molecular weight is 455 g/mol. The summed E-state index contributed by atoms with van der Waals surface area (Å²) >= 11 is 0. The van der Waals surface area contributed by atoms with Crippen LogP contribution in [0.2, 0.25) is 0 Å². The Morgan fingerprint density at radius 1 is 1.06 bits per heavy atom. The normalized spacial score (nSPS) is 11.5. The summed E-state index contributed by atoms with van der Waals surface area (Å²) in [4.78, 5) is 29.8. The second-order valence-corrected chi connectivity index (χ2v) is 7.40. The molecule has 4 rings (SSSR count). The van der Waals surface area contributed by atoms with Crippen LogP contribution in [0.3, 0.4) is 0 Å². The fourth-order valence-electron chi connectivity index (χ4n) is 3.59. The summed E-state index contributed by atoms with van der Waals surface area (Å²) < 4.78 is 53.7. The first kappa shape index (κ1) is 22.2. The molecule has 5 nitrogen and oxygen atoms in total. The number of nitrogens with one attached hydrogen (secondary N) is 1. The van der Waals surface area contributed by atoms with Crippen LogP contribution in [0.4, 0.5) is 23.2 Å². The van der Waals surface area contributed by atoms with Gasteiger partial charge >= 0.3 is 6.18 Å². The van der Waals surface area contributed by atoms with Gasteiger partial charge in [-0.3, -0.25) is 19.1 Å². The Bertz CT molecular complexity index is 1430. The van der Waals surface area contributed by atoms with Gasteiger partial charge in [0.05, 0.1) is 23.4 Å². The molecule has 1 N–H and O–H groups in total. The van der Waals surface area contributed by atoms with Crippen LogP contribution in [0.5, 0.6) is 0 Å². The fourth-order valence-corrected chi connectivity index (χ4v) is 3.59. The number of halogens is 4. The number of aromatic nitrogens is 2. The topological polar surface area (TPSA) is 64.0 Å². The number of pyridine rings is 2. The number of nitrogens with zero attached hydrogens (tertiary/aromatic N) is 2. The number of hydrogen-bond acceptors (Lipinski definition) is 3. The Morgan fingerprint density at radius 2 is 1.85 bits per heavy atom. The zero-order valence-electron chi connectivity index (χ0n) is 17.3. The Labute approximate surface area is 185 Å². The maximum Gasteiger partial charge on any atom is 0.419 e. The third-order valence-electron chi connectivity index (χ3n) is 5.16. The summed E-state index contributed by atoms with van der Waals surface area (Å²) in [6.07, 6.45) is -2.07. The van der Waals surface area contributed by atoms with Crippen LogP contribution >= 0.6 is 0 Å². The van der Waals surface area contributed by atoms with Gasteiger partial charge in [-0.15, -0.1) is 0 Å². The first-order valence-electron chi connectivity index (χ1n) is 9.87. The lowest BCUT2D eigenvalue weighted by atomic mass is 10.1. The lowest BCUT2D eigenvalue weighted by Gasteiger charge is -2.13. The maximum absolute atomic E-state index is 13.5. The van der Waals surface area contributed by atoms with E-state index in [1.165, 1.54) is 4.57 Å². The van der Waals surface area contributed by atoms with E-state index < -0.39 is 29.9 Å². The maximum atomic E-state index is 13.5. The van der Waals surface area contributed by atoms with E-state index in [4.69, 9.17) is 0 Å². The molecule has 0 spiro atoms. The highest BCUT2D eigenvalue weighted by molar-refractivity contribution is 6.02. The van der Waals surface area contributed by atoms with Crippen molar-refractivity contribution in [2.24, 2.45) is 0 Å². The van der Waals surface area contributed by atoms with Crippen LogP contribution < -0.4 is 10.9 Å². The van der Waals surface area contributed by atoms with Crippen molar-refractivity contribution < 1.29 is 22.4 Å². The number of hydrogen-bond donors (Lipinski definition) is 1. The SMILES string of the molecule is Cc1ncccc1-n1ccc2c(NC(=O)Cc3ccc(F)c(C(F)(F)F)c3)cccc2c1=O. The summed E-state index contributed by atoms with van der Waals surface area (Å²) in [7, 11) is 0. The second-order valence-electron chi connectivity index (χ2n) is 7.40. The standard InChI is InChI=1S/C24H17F4N3O2/c1-14-21(6-3-10-29-14)31-11-9-16-17(23(31)33)4-2-5-20(16)30-22(32)13-15-7-8-19(25)18(12-15)24(26,27)28/h2-12H,13H2,1H3,(H,30,32). The van der Waals surface area contributed by atoms with Gasteiger partial charge in [-0.25, -0.2) is 4.39 Å². The van der Waals surface area contributed by atoms with E-state index in [1.54, 1.807) is 55.7 Å². The third-order valence-corrected chi connectivity index (χ3v) is 5.16. The highest BCUT2D eigenvalue weighted by Gasteiger charge is 2.34. The smallest absolute Gasteiger partial charge is 0.325 e. The van der Waals surface area contributed by atoms with Crippen molar-refractivity contribution in [2.45, 2.75) is 19.5 Å². The van der Waals surface area contributed by atoms with Gasteiger partial charge in [-0.2, -0.15) is 13.2 Å². The summed E-state index contributed by atoms with van der Waals surface area (Å²) in [5.74, 6) is -2.00. The molecule has 2 aromatic carbocycles. The van der Waals surface area contributed by atoms with Gasteiger partial charge in [0.2, 0.25) is 5.91 Å². The molecule has 0 aliphatic rings. The van der Waals surface area contributed by atoms with Crippen molar-refractivity contribution in [3.05, 3.63) is 100.0 Å². The third kappa shape index (κ3) is 4.48. The molecule has 2 heterocycles. The zero-order chi connectivity index (χ0) is 23.8. The number of anilines is 1. The minimum atomic E-state index is -4.86. The molecule has 0 aliphatic carbocycles. The number of carbonyl (C=O) groups excluding carboxylic acids is 1. The van der Waals surface area contributed by atoms with Crippen molar-refractivity contribution in [3.63, 3.8) is 0 Å². The quantitative estimate of drug-likeness (QED) is 0.439. The summed E-state index contributed by atoms with van der Waals surface area (Å²) in [5.41, 5.74) is -0.104. The molecule has 0 bridgehead atoms. The molecule has 168 valence electrons. The Balaban J connectivity index is 1.64. The number of aryl methyl sites for hydroxylation is 1. The van der Waals surface area contributed by atoms with E-state index in [9.17, 15) is 27.2 Å². The number of carbonyl (C=O) groups is 1. The number of amides is 1. The molecule has 1 amide bonds. The largest absolute Gasteiger partial charge is 0.419 e. The fraction of sp³-hybridized carbons (Fsp3) is 0.125. The second kappa shape index (κ2) is 8.50. The van der Waals surface area contributed by atoms with Gasteiger partial charge in [0.1, 0.15) is 5.82 Å². The number of fused-ring (bicyclic) bond motifs is 1. The summed E-state index contributed by atoms with van der Waals surface area (Å²) in [5, 5.41) is 3.45. The van der Waals surface area contributed by atoms with Gasteiger partial charge in [0.15, 0.2) is 0 Å². The first-order chi connectivity index (χ1) is 15.6. The molecule has 0 atom stereocenters. The van der Waals surface area contributed by atoms with Crippen LogP contribution in [0.1, 0.15) is 16.8 Å². The van der Waals surface area contributed by atoms with Gasteiger partial charge in [-0.1, -0.05) is 12.1 Å². The van der Waals surface area contributed by atoms with E-state index >= 15 is 0 Å². The molecule has 0 radical (unpaired) electrons. The molecular formula is C24H17F4N3O2.